The van der Waals surface area contributed by atoms with Gasteiger partial charge in [-0.2, -0.15) is 5.10 Å². The van der Waals surface area contributed by atoms with Gasteiger partial charge in [-0.25, -0.2) is 0 Å². The molecule has 0 spiro atoms. The summed E-state index contributed by atoms with van der Waals surface area (Å²) in [6, 6.07) is 0. The monoisotopic (exact) mass is 208 g/mol. The van der Waals surface area contributed by atoms with Gasteiger partial charge in [-0.1, -0.05) is 12.8 Å². The van der Waals surface area contributed by atoms with Crippen LogP contribution in [0.3, 0.4) is 0 Å². The van der Waals surface area contributed by atoms with Crippen LogP contribution in [0, 0.1) is 0 Å². The number of anilines is 1. The van der Waals surface area contributed by atoms with Crippen molar-refractivity contribution in [2.45, 2.75) is 38.1 Å². The fraction of sp³-hybridized carbons (Fsp3) is 0.600. The number of nitrogens with one attached hydrogen (secondary N) is 2. The summed E-state index contributed by atoms with van der Waals surface area (Å²) in [5.74, 6) is 0.194. The van der Waals surface area contributed by atoms with Crippen molar-refractivity contribution in [2.75, 3.05) is 5.73 Å². The SMILES string of the molecule is CC1(NC(=O)c2cn[nH]c2N)CCCC1. The lowest BCUT2D eigenvalue weighted by molar-refractivity contribution is 0.0909. The predicted octanol–water partition coefficient (Wildman–Crippen LogP) is 1.05. The molecule has 4 N–H and O–H groups in total. The maximum Gasteiger partial charge on any atom is 0.257 e. The maximum absolute atomic E-state index is 11.8. The van der Waals surface area contributed by atoms with Gasteiger partial charge in [-0.3, -0.25) is 9.89 Å². The Kier molecular flexibility index (Phi) is 2.38. The first kappa shape index (κ1) is 10.0. The third kappa shape index (κ3) is 1.95. The van der Waals surface area contributed by atoms with Crippen LogP contribution in [-0.2, 0) is 0 Å². The van der Waals surface area contributed by atoms with Crippen molar-refractivity contribution in [1.82, 2.24) is 15.5 Å². The Balaban J connectivity index is 2.07. The molecule has 1 heterocycles. The molecular formula is C10H16N4O. The fourth-order valence-electron chi connectivity index (χ4n) is 2.10. The average molecular weight is 208 g/mol. The number of nitrogen functional groups attached to an aromatic ring is 1. The lowest BCUT2D eigenvalue weighted by atomic mass is 10.0. The van der Waals surface area contributed by atoms with E-state index in [-0.39, 0.29) is 11.4 Å². The van der Waals surface area contributed by atoms with E-state index in [1.54, 1.807) is 0 Å². The highest BCUT2D eigenvalue weighted by Gasteiger charge is 2.31. The van der Waals surface area contributed by atoms with E-state index in [1.165, 1.54) is 19.0 Å². The summed E-state index contributed by atoms with van der Waals surface area (Å²) in [5.41, 5.74) is 5.94. The van der Waals surface area contributed by atoms with Gasteiger partial charge in [-0.05, 0) is 19.8 Å². The second kappa shape index (κ2) is 3.56. The summed E-state index contributed by atoms with van der Waals surface area (Å²) >= 11 is 0. The van der Waals surface area contributed by atoms with E-state index in [4.69, 9.17) is 5.73 Å². The molecule has 0 aromatic carbocycles. The number of amides is 1. The standard InChI is InChI=1S/C10H16N4O/c1-10(4-2-3-5-10)13-9(15)7-6-12-14-8(7)11/h6H,2-5H2,1H3,(H,13,15)(H3,11,12,14). The molecule has 1 aliphatic rings. The van der Waals surface area contributed by atoms with E-state index in [1.807, 2.05) is 0 Å². The zero-order valence-electron chi connectivity index (χ0n) is 8.84. The molecular weight excluding hydrogens is 192 g/mol. The predicted molar refractivity (Wildman–Crippen MR) is 57.3 cm³/mol. The molecule has 0 unspecified atom stereocenters. The highest BCUT2D eigenvalue weighted by Crippen LogP contribution is 2.29. The smallest absolute Gasteiger partial charge is 0.257 e. The fourth-order valence-corrected chi connectivity index (χ4v) is 2.10. The Bertz CT molecular complexity index is 365. The lowest BCUT2D eigenvalue weighted by Crippen LogP contribution is -2.43. The molecule has 15 heavy (non-hydrogen) atoms. The van der Waals surface area contributed by atoms with Crippen LogP contribution in [-0.4, -0.2) is 21.6 Å². The van der Waals surface area contributed by atoms with Crippen LogP contribution in [0.1, 0.15) is 43.0 Å². The van der Waals surface area contributed by atoms with E-state index in [9.17, 15) is 4.79 Å². The van der Waals surface area contributed by atoms with E-state index >= 15 is 0 Å². The minimum Gasteiger partial charge on any atom is -0.383 e. The first-order valence-corrected chi connectivity index (χ1v) is 5.22. The first-order valence-electron chi connectivity index (χ1n) is 5.22. The van der Waals surface area contributed by atoms with Gasteiger partial charge < -0.3 is 11.1 Å². The Hall–Kier alpha value is -1.52. The number of nitrogens with two attached hydrogens (primary N) is 1. The second-order valence-corrected chi connectivity index (χ2v) is 4.42. The second-order valence-electron chi connectivity index (χ2n) is 4.42. The number of hydrogen-bond acceptors (Lipinski definition) is 3. The topological polar surface area (TPSA) is 83.8 Å². The van der Waals surface area contributed by atoms with E-state index in [0.29, 0.717) is 11.4 Å². The molecule has 82 valence electrons. The third-order valence-electron chi connectivity index (χ3n) is 3.04. The quantitative estimate of drug-likeness (QED) is 0.679. The third-order valence-corrected chi connectivity index (χ3v) is 3.04. The highest BCUT2D eigenvalue weighted by molar-refractivity contribution is 5.98. The Morgan fingerprint density at radius 1 is 1.60 bits per heavy atom. The number of aromatic amines is 1. The minimum atomic E-state index is -0.134. The van der Waals surface area contributed by atoms with Crippen LogP contribution >= 0.6 is 0 Å². The van der Waals surface area contributed by atoms with Gasteiger partial charge >= 0.3 is 0 Å². The number of H-pyrrole nitrogens is 1. The van der Waals surface area contributed by atoms with Gasteiger partial charge in [-0.15, -0.1) is 0 Å². The van der Waals surface area contributed by atoms with E-state index in [2.05, 4.69) is 22.4 Å². The van der Waals surface area contributed by atoms with Crippen LogP contribution in [0.5, 0.6) is 0 Å². The molecule has 1 aromatic rings. The molecule has 1 fully saturated rings. The Morgan fingerprint density at radius 2 is 2.27 bits per heavy atom. The molecule has 5 nitrogen and oxygen atoms in total. The number of aromatic nitrogens is 2. The molecule has 0 aliphatic heterocycles. The van der Waals surface area contributed by atoms with E-state index < -0.39 is 0 Å². The Labute approximate surface area is 88.4 Å². The zero-order valence-corrected chi connectivity index (χ0v) is 8.84. The summed E-state index contributed by atoms with van der Waals surface area (Å²) < 4.78 is 0. The van der Waals surface area contributed by atoms with Crippen molar-refractivity contribution >= 4 is 11.7 Å². The van der Waals surface area contributed by atoms with Gasteiger partial charge in [0, 0.05) is 5.54 Å². The molecule has 1 saturated carbocycles. The number of hydrogen-bond donors (Lipinski definition) is 3. The Morgan fingerprint density at radius 3 is 2.80 bits per heavy atom. The zero-order chi connectivity index (χ0) is 10.9. The average Bonchev–Trinajstić information content (AvgIpc) is 2.74. The van der Waals surface area contributed by atoms with E-state index in [0.717, 1.165) is 12.8 Å². The van der Waals surface area contributed by atoms with Gasteiger partial charge in [0.15, 0.2) is 0 Å². The summed E-state index contributed by atoms with van der Waals surface area (Å²) in [4.78, 5) is 11.8. The molecule has 0 saturated heterocycles. The van der Waals surface area contributed by atoms with Crippen LogP contribution in [0.15, 0.2) is 6.20 Å². The molecule has 0 atom stereocenters. The van der Waals surface area contributed by atoms with Crippen LogP contribution in [0.25, 0.3) is 0 Å². The van der Waals surface area contributed by atoms with Crippen molar-refractivity contribution < 1.29 is 4.79 Å². The van der Waals surface area contributed by atoms with Crippen LogP contribution in [0.4, 0.5) is 5.82 Å². The van der Waals surface area contributed by atoms with Crippen LogP contribution < -0.4 is 11.1 Å². The number of carbonyl (C=O) groups is 1. The van der Waals surface area contributed by atoms with Crippen molar-refractivity contribution in [3.63, 3.8) is 0 Å². The van der Waals surface area contributed by atoms with Gasteiger partial charge in [0.2, 0.25) is 0 Å². The highest BCUT2D eigenvalue weighted by atomic mass is 16.1. The number of carbonyl (C=O) groups excluding carboxylic acids is 1. The van der Waals surface area contributed by atoms with Gasteiger partial charge in [0.05, 0.1) is 6.20 Å². The van der Waals surface area contributed by atoms with Crippen LogP contribution in [0.2, 0.25) is 0 Å². The molecule has 0 bridgehead atoms. The van der Waals surface area contributed by atoms with Gasteiger partial charge in [0.25, 0.3) is 5.91 Å². The molecule has 2 rings (SSSR count). The lowest BCUT2D eigenvalue weighted by Gasteiger charge is -2.24. The van der Waals surface area contributed by atoms with Crippen molar-refractivity contribution in [3.8, 4) is 0 Å². The van der Waals surface area contributed by atoms with Crippen molar-refractivity contribution in [2.24, 2.45) is 0 Å². The van der Waals surface area contributed by atoms with Crippen molar-refractivity contribution in [3.05, 3.63) is 11.8 Å². The molecule has 1 aromatic heterocycles. The maximum atomic E-state index is 11.8. The summed E-state index contributed by atoms with van der Waals surface area (Å²) in [7, 11) is 0. The normalized spacial score (nSPS) is 19.0. The number of nitrogens with zero attached hydrogens (tertiary/aromatic N) is 1. The molecule has 5 heteroatoms. The summed E-state index contributed by atoms with van der Waals surface area (Å²) in [6.07, 6.45) is 5.89. The number of rotatable bonds is 2. The summed E-state index contributed by atoms with van der Waals surface area (Å²) in [6.45, 7) is 2.08. The first-order chi connectivity index (χ1) is 7.11. The van der Waals surface area contributed by atoms with Crippen molar-refractivity contribution in [1.29, 1.82) is 0 Å². The summed E-state index contributed by atoms with van der Waals surface area (Å²) in [5, 5.41) is 9.30. The van der Waals surface area contributed by atoms with Gasteiger partial charge in [0.1, 0.15) is 11.4 Å². The molecule has 1 amide bonds. The molecule has 1 aliphatic carbocycles. The largest absolute Gasteiger partial charge is 0.383 e. The minimum absolute atomic E-state index is 0.0687. The molecule has 0 radical (unpaired) electrons.